The van der Waals surface area contributed by atoms with Crippen LogP contribution >= 0.6 is 24.8 Å². The van der Waals surface area contributed by atoms with Gasteiger partial charge in [0.05, 0.1) is 12.2 Å². The molecule has 0 bridgehead atoms. The number of anilines is 1. The number of nitrogens with zero attached hydrogens (tertiary/aromatic N) is 4. The number of hydrogen-bond acceptors (Lipinski definition) is 5. The number of rotatable bonds is 3. The van der Waals surface area contributed by atoms with Crippen LogP contribution < -0.4 is 10.6 Å². The number of halogens is 2. The Labute approximate surface area is 147 Å². The van der Waals surface area contributed by atoms with Crippen molar-refractivity contribution < 1.29 is 4.79 Å². The lowest BCUT2D eigenvalue weighted by atomic mass is 10.1. The maximum atomic E-state index is 12.1. The molecular weight excluding hydrogens is 339 g/mol. The quantitative estimate of drug-likeness (QED) is 0.876. The molecule has 0 radical (unpaired) electrons. The van der Waals surface area contributed by atoms with Crippen molar-refractivity contribution in [1.29, 1.82) is 0 Å². The highest BCUT2D eigenvalue weighted by Gasteiger charge is 2.18. The summed E-state index contributed by atoms with van der Waals surface area (Å²) in [4.78, 5) is 16.3. The van der Waals surface area contributed by atoms with Crippen LogP contribution in [0, 0.1) is 6.92 Å². The summed E-state index contributed by atoms with van der Waals surface area (Å²) < 4.78 is 1.79. The maximum absolute atomic E-state index is 12.1. The lowest BCUT2D eigenvalue weighted by molar-refractivity contribution is 0.102. The van der Waals surface area contributed by atoms with E-state index in [0.717, 1.165) is 31.5 Å². The van der Waals surface area contributed by atoms with Crippen molar-refractivity contribution in [2.45, 2.75) is 25.8 Å². The van der Waals surface area contributed by atoms with Crippen LogP contribution in [0.4, 0.5) is 5.82 Å². The van der Waals surface area contributed by atoms with Crippen LogP contribution in [0.15, 0.2) is 24.5 Å². The Hall–Kier alpha value is -1.70. The second-order valence-electron chi connectivity index (χ2n) is 5.24. The van der Waals surface area contributed by atoms with E-state index in [1.54, 1.807) is 23.1 Å². The largest absolute Gasteiger partial charge is 0.317 e. The molecule has 2 aromatic heterocycles. The third-order valence-electron chi connectivity index (χ3n) is 3.58. The van der Waals surface area contributed by atoms with Crippen molar-refractivity contribution in [3.63, 3.8) is 0 Å². The molecular formula is C14H20Cl2N6O. The highest BCUT2D eigenvalue weighted by molar-refractivity contribution is 6.02. The standard InChI is InChI=1S/C14H18N6O.2ClH/c1-10-2-3-13(16-8-10)17-14(21)12-9-20(19-18-12)11-4-6-15-7-5-11;;/h2-3,8-9,11,15H,4-7H2,1H3,(H,16,17,21);2*1H. The summed E-state index contributed by atoms with van der Waals surface area (Å²) >= 11 is 0. The van der Waals surface area contributed by atoms with Gasteiger partial charge in [-0.25, -0.2) is 9.67 Å². The Morgan fingerprint density at radius 1 is 1.30 bits per heavy atom. The van der Waals surface area contributed by atoms with Crippen molar-refractivity contribution in [3.8, 4) is 0 Å². The number of amides is 1. The van der Waals surface area contributed by atoms with Crippen molar-refractivity contribution in [1.82, 2.24) is 25.3 Å². The molecule has 23 heavy (non-hydrogen) atoms. The minimum Gasteiger partial charge on any atom is -0.317 e. The Bertz CT molecular complexity index is 624. The van der Waals surface area contributed by atoms with Gasteiger partial charge < -0.3 is 10.6 Å². The molecule has 0 saturated carbocycles. The summed E-state index contributed by atoms with van der Waals surface area (Å²) in [6.45, 7) is 3.89. The van der Waals surface area contributed by atoms with Crippen molar-refractivity contribution in [3.05, 3.63) is 35.8 Å². The van der Waals surface area contributed by atoms with E-state index in [-0.39, 0.29) is 30.7 Å². The molecule has 0 aliphatic carbocycles. The number of piperidine rings is 1. The monoisotopic (exact) mass is 358 g/mol. The zero-order chi connectivity index (χ0) is 14.7. The molecule has 1 aliphatic heterocycles. The zero-order valence-corrected chi connectivity index (χ0v) is 14.4. The lowest BCUT2D eigenvalue weighted by Crippen LogP contribution is -2.29. The topological polar surface area (TPSA) is 84.7 Å². The molecule has 0 aromatic carbocycles. The van der Waals surface area contributed by atoms with Gasteiger partial charge in [-0.3, -0.25) is 4.79 Å². The minimum atomic E-state index is -0.286. The molecule has 2 aromatic rings. The number of pyridine rings is 1. The SMILES string of the molecule is Cc1ccc(NC(=O)c2cn(C3CCNCC3)nn2)nc1.Cl.Cl. The number of carbonyl (C=O) groups is 1. The predicted octanol–water partition coefficient (Wildman–Crippen LogP) is 2.00. The van der Waals surface area contributed by atoms with Gasteiger partial charge in [0, 0.05) is 6.20 Å². The van der Waals surface area contributed by atoms with E-state index < -0.39 is 0 Å². The van der Waals surface area contributed by atoms with Crippen molar-refractivity contribution >= 4 is 36.5 Å². The molecule has 7 nitrogen and oxygen atoms in total. The van der Waals surface area contributed by atoms with Gasteiger partial charge in [0.15, 0.2) is 5.69 Å². The first-order valence-electron chi connectivity index (χ1n) is 7.09. The molecule has 1 fully saturated rings. The van der Waals surface area contributed by atoms with Gasteiger partial charge in [0.2, 0.25) is 0 Å². The average Bonchev–Trinajstić information content (AvgIpc) is 3.00. The second-order valence-corrected chi connectivity index (χ2v) is 5.24. The molecule has 126 valence electrons. The number of hydrogen-bond donors (Lipinski definition) is 2. The van der Waals surface area contributed by atoms with Gasteiger partial charge >= 0.3 is 0 Å². The van der Waals surface area contributed by atoms with E-state index in [1.807, 2.05) is 13.0 Å². The molecule has 0 spiro atoms. The Kier molecular flexibility index (Phi) is 7.41. The first-order valence-corrected chi connectivity index (χ1v) is 7.09. The molecule has 1 saturated heterocycles. The number of nitrogens with one attached hydrogen (secondary N) is 2. The predicted molar refractivity (Wildman–Crippen MR) is 92.6 cm³/mol. The van der Waals surface area contributed by atoms with Crippen LogP contribution in [0.25, 0.3) is 0 Å². The molecule has 1 amide bonds. The smallest absolute Gasteiger partial charge is 0.278 e. The van der Waals surface area contributed by atoms with Crippen LogP contribution in [-0.4, -0.2) is 39.0 Å². The highest BCUT2D eigenvalue weighted by atomic mass is 35.5. The number of aromatic nitrogens is 4. The summed E-state index contributed by atoms with van der Waals surface area (Å²) in [7, 11) is 0. The molecule has 1 aliphatic rings. The van der Waals surface area contributed by atoms with Crippen LogP contribution in [0.1, 0.15) is 34.9 Å². The fourth-order valence-corrected chi connectivity index (χ4v) is 2.35. The van der Waals surface area contributed by atoms with E-state index in [1.165, 1.54) is 0 Å². The van der Waals surface area contributed by atoms with Crippen LogP contribution in [-0.2, 0) is 0 Å². The van der Waals surface area contributed by atoms with Gasteiger partial charge in [-0.05, 0) is 44.5 Å². The molecule has 0 unspecified atom stereocenters. The van der Waals surface area contributed by atoms with E-state index in [0.29, 0.717) is 17.6 Å². The first-order chi connectivity index (χ1) is 10.2. The summed E-state index contributed by atoms with van der Waals surface area (Å²) in [5.74, 6) is 0.230. The molecule has 0 atom stereocenters. The van der Waals surface area contributed by atoms with Gasteiger partial charge in [-0.2, -0.15) is 0 Å². The Balaban J connectivity index is 0.00000132. The maximum Gasteiger partial charge on any atom is 0.278 e. The fourth-order valence-electron chi connectivity index (χ4n) is 2.35. The molecule has 3 rings (SSSR count). The third kappa shape index (κ3) is 4.89. The number of carbonyl (C=O) groups excluding carboxylic acids is 1. The average molecular weight is 359 g/mol. The highest BCUT2D eigenvalue weighted by Crippen LogP contribution is 2.17. The van der Waals surface area contributed by atoms with E-state index in [2.05, 4.69) is 25.9 Å². The van der Waals surface area contributed by atoms with Gasteiger partial charge in [-0.1, -0.05) is 11.3 Å². The van der Waals surface area contributed by atoms with E-state index in [4.69, 9.17) is 0 Å². The van der Waals surface area contributed by atoms with Gasteiger partial charge in [0.1, 0.15) is 5.82 Å². The minimum absolute atomic E-state index is 0. The van der Waals surface area contributed by atoms with E-state index >= 15 is 0 Å². The Morgan fingerprint density at radius 2 is 2.04 bits per heavy atom. The molecule has 3 heterocycles. The second kappa shape index (κ2) is 8.81. The Morgan fingerprint density at radius 3 is 2.70 bits per heavy atom. The van der Waals surface area contributed by atoms with Crippen LogP contribution in [0.3, 0.4) is 0 Å². The van der Waals surface area contributed by atoms with Crippen molar-refractivity contribution in [2.75, 3.05) is 18.4 Å². The van der Waals surface area contributed by atoms with Gasteiger partial charge in [0.25, 0.3) is 5.91 Å². The molecule has 9 heteroatoms. The van der Waals surface area contributed by atoms with E-state index in [9.17, 15) is 4.79 Å². The summed E-state index contributed by atoms with van der Waals surface area (Å²) in [5, 5.41) is 14.1. The summed E-state index contributed by atoms with van der Waals surface area (Å²) in [6, 6.07) is 3.98. The third-order valence-corrected chi connectivity index (χ3v) is 3.58. The summed E-state index contributed by atoms with van der Waals surface area (Å²) in [6.07, 6.45) is 5.43. The van der Waals surface area contributed by atoms with Crippen LogP contribution in [0.2, 0.25) is 0 Å². The number of aryl methyl sites for hydroxylation is 1. The summed E-state index contributed by atoms with van der Waals surface area (Å²) in [5.41, 5.74) is 1.36. The zero-order valence-electron chi connectivity index (χ0n) is 12.7. The van der Waals surface area contributed by atoms with Crippen molar-refractivity contribution in [2.24, 2.45) is 0 Å². The lowest BCUT2D eigenvalue weighted by Gasteiger charge is -2.22. The fraction of sp³-hybridized carbons (Fsp3) is 0.429. The normalized spacial score (nSPS) is 14.5. The molecule has 2 N–H and O–H groups in total. The van der Waals surface area contributed by atoms with Gasteiger partial charge in [-0.15, -0.1) is 29.9 Å². The van der Waals surface area contributed by atoms with Crippen LogP contribution in [0.5, 0.6) is 0 Å². The first kappa shape index (κ1) is 19.3.